The fourth-order valence-corrected chi connectivity index (χ4v) is 1.81. The Labute approximate surface area is 74.7 Å². The van der Waals surface area contributed by atoms with E-state index in [-0.39, 0.29) is 5.91 Å². The predicted octanol–water partition coefficient (Wildman–Crippen LogP) is 2.09. The standard InChI is InChI=1S/C10H19NO/c1-3-4-5-6-9-8(2)7-10(12)11-9/h8-9H,3-7H2,1-2H3,(H,11,12)/t8-,9+/m1/s1. The summed E-state index contributed by atoms with van der Waals surface area (Å²) in [6.07, 6.45) is 5.71. The predicted molar refractivity (Wildman–Crippen MR) is 49.9 cm³/mol. The SMILES string of the molecule is CCCCC[C@@H]1NC(=O)C[C@H]1C. The first-order valence-electron chi connectivity index (χ1n) is 5.03. The molecule has 12 heavy (non-hydrogen) atoms. The maximum atomic E-state index is 11.0. The van der Waals surface area contributed by atoms with E-state index in [0.717, 1.165) is 6.42 Å². The van der Waals surface area contributed by atoms with E-state index in [4.69, 9.17) is 0 Å². The lowest BCUT2D eigenvalue weighted by Crippen LogP contribution is -2.27. The van der Waals surface area contributed by atoms with Crippen LogP contribution in [-0.2, 0) is 4.79 Å². The van der Waals surface area contributed by atoms with Gasteiger partial charge in [-0.05, 0) is 12.3 Å². The molecule has 0 saturated carbocycles. The summed E-state index contributed by atoms with van der Waals surface area (Å²) in [4.78, 5) is 11.0. The van der Waals surface area contributed by atoms with E-state index in [9.17, 15) is 4.79 Å². The van der Waals surface area contributed by atoms with Crippen molar-refractivity contribution >= 4 is 5.91 Å². The summed E-state index contributed by atoms with van der Waals surface area (Å²) in [6.45, 7) is 4.37. The van der Waals surface area contributed by atoms with Crippen LogP contribution in [0, 0.1) is 5.92 Å². The summed E-state index contributed by atoms with van der Waals surface area (Å²) in [6, 6.07) is 0.462. The molecule has 0 aliphatic carbocycles. The molecule has 1 aliphatic heterocycles. The number of amides is 1. The molecule has 0 bridgehead atoms. The van der Waals surface area contributed by atoms with E-state index < -0.39 is 0 Å². The van der Waals surface area contributed by atoms with Gasteiger partial charge in [-0.3, -0.25) is 4.79 Å². The average molecular weight is 169 g/mol. The van der Waals surface area contributed by atoms with Crippen molar-refractivity contribution in [2.24, 2.45) is 5.92 Å². The average Bonchev–Trinajstić information content (AvgIpc) is 2.31. The van der Waals surface area contributed by atoms with Crippen LogP contribution in [-0.4, -0.2) is 11.9 Å². The maximum absolute atomic E-state index is 11.0. The van der Waals surface area contributed by atoms with Gasteiger partial charge in [0.1, 0.15) is 0 Å². The Bertz CT molecular complexity index is 156. The highest BCUT2D eigenvalue weighted by Gasteiger charge is 2.27. The minimum atomic E-state index is 0.240. The third-order valence-corrected chi connectivity index (χ3v) is 2.66. The van der Waals surface area contributed by atoms with Crippen LogP contribution in [0.2, 0.25) is 0 Å². The molecule has 2 atom stereocenters. The van der Waals surface area contributed by atoms with E-state index in [0.29, 0.717) is 12.0 Å². The largest absolute Gasteiger partial charge is 0.353 e. The first kappa shape index (κ1) is 9.56. The molecule has 1 saturated heterocycles. The van der Waals surface area contributed by atoms with Gasteiger partial charge in [0.05, 0.1) is 0 Å². The minimum Gasteiger partial charge on any atom is -0.353 e. The van der Waals surface area contributed by atoms with Gasteiger partial charge in [-0.2, -0.15) is 0 Å². The fourth-order valence-electron chi connectivity index (χ4n) is 1.81. The molecule has 70 valence electrons. The number of unbranched alkanes of at least 4 members (excludes halogenated alkanes) is 2. The highest BCUT2D eigenvalue weighted by Crippen LogP contribution is 2.20. The molecular formula is C10H19NO. The number of rotatable bonds is 4. The zero-order valence-corrected chi connectivity index (χ0v) is 8.10. The van der Waals surface area contributed by atoms with Crippen LogP contribution in [0.1, 0.15) is 46.0 Å². The van der Waals surface area contributed by atoms with Crippen molar-refractivity contribution in [2.75, 3.05) is 0 Å². The van der Waals surface area contributed by atoms with Gasteiger partial charge < -0.3 is 5.32 Å². The van der Waals surface area contributed by atoms with E-state index in [1.165, 1.54) is 25.7 Å². The third kappa shape index (κ3) is 2.50. The van der Waals surface area contributed by atoms with E-state index in [1.807, 2.05) is 0 Å². The van der Waals surface area contributed by atoms with Crippen molar-refractivity contribution in [3.63, 3.8) is 0 Å². The zero-order valence-electron chi connectivity index (χ0n) is 8.10. The molecule has 1 N–H and O–H groups in total. The molecule has 2 nitrogen and oxygen atoms in total. The van der Waals surface area contributed by atoms with Gasteiger partial charge in [0.2, 0.25) is 5.91 Å². The Hall–Kier alpha value is -0.530. The van der Waals surface area contributed by atoms with Crippen LogP contribution in [0.5, 0.6) is 0 Å². The van der Waals surface area contributed by atoms with Gasteiger partial charge >= 0.3 is 0 Å². The topological polar surface area (TPSA) is 29.1 Å². The summed E-state index contributed by atoms with van der Waals surface area (Å²) in [5.74, 6) is 0.790. The van der Waals surface area contributed by atoms with Crippen molar-refractivity contribution in [1.29, 1.82) is 0 Å². The third-order valence-electron chi connectivity index (χ3n) is 2.66. The lowest BCUT2D eigenvalue weighted by molar-refractivity contribution is -0.119. The monoisotopic (exact) mass is 169 g/mol. The van der Waals surface area contributed by atoms with Gasteiger partial charge in [-0.15, -0.1) is 0 Å². The van der Waals surface area contributed by atoms with E-state index in [2.05, 4.69) is 19.2 Å². The van der Waals surface area contributed by atoms with Crippen molar-refractivity contribution in [3.05, 3.63) is 0 Å². The highest BCUT2D eigenvalue weighted by molar-refractivity contribution is 5.78. The van der Waals surface area contributed by atoms with Crippen LogP contribution >= 0.6 is 0 Å². The molecule has 0 unspecified atom stereocenters. The van der Waals surface area contributed by atoms with Crippen molar-refractivity contribution in [2.45, 2.75) is 52.0 Å². The summed E-state index contributed by atoms with van der Waals surface area (Å²) in [5.41, 5.74) is 0. The normalized spacial score (nSPS) is 29.0. The Kier molecular flexibility index (Phi) is 3.57. The van der Waals surface area contributed by atoms with Crippen LogP contribution in [0.15, 0.2) is 0 Å². The van der Waals surface area contributed by atoms with Crippen LogP contribution in [0.4, 0.5) is 0 Å². The van der Waals surface area contributed by atoms with Gasteiger partial charge in [-0.25, -0.2) is 0 Å². The quantitative estimate of drug-likeness (QED) is 0.641. The molecule has 1 heterocycles. The number of hydrogen-bond donors (Lipinski definition) is 1. The fraction of sp³-hybridized carbons (Fsp3) is 0.900. The van der Waals surface area contributed by atoms with Crippen molar-refractivity contribution in [3.8, 4) is 0 Å². The molecule has 2 heteroatoms. The summed E-state index contributed by atoms with van der Waals surface area (Å²) >= 11 is 0. The second kappa shape index (κ2) is 4.48. The molecule has 0 spiro atoms. The molecule has 1 rings (SSSR count). The molecule has 0 aromatic rings. The van der Waals surface area contributed by atoms with Crippen LogP contribution in [0.3, 0.4) is 0 Å². The minimum absolute atomic E-state index is 0.240. The van der Waals surface area contributed by atoms with Crippen molar-refractivity contribution in [1.82, 2.24) is 5.32 Å². The number of nitrogens with one attached hydrogen (secondary N) is 1. The Balaban J connectivity index is 2.19. The second-order valence-corrected chi connectivity index (χ2v) is 3.85. The summed E-state index contributed by atoms with van der Waals surface area (Å²) in [5, 5.41) is 3.02. The zero-order chi connectivity index (χ0) is 8.97. The lowest BCUT2D eigenvalue weighted by Gasteiger charge is -2.13. The number of carbonyl (C=O) groups is 1. The molecular weight excluding hydrogens is 150 g/mol. The molecule has 0 aromatic heterocycles. The highest BCUT2D eigenvalue weighted by atomic mass is 16.1. The Morgan fingerprint density at radius 2 is 2.25 bits per heavy atom. The first-order valence-corrected chi connectivity index (χ1v) is 5.03. The van der Waals surface area contributed by atoms with Crippen LogP contribution in [0.25, 0.3) is 0 Å². The summed E-state index contributed by atoms with van der Waals surface area (Å²) < 4.78 is 0. The molecule has 1 amide bonds. The first-order chi connectivity index (χ1) is 5.74. The molecule has 1 aliphatic rings. The summed E-state index contributed by atoms with van der Waals surface area (Å²) in [7, 11) is 0. The Morgan fingerprint density at radius 1 is 1.50 bits per heavy atom. The lowest BCUT2D eigenvalue weighted by atomic mass is 9.98. The smallest absolute Gasteiger partial charge is 0.220 e. The van der Waals surface area contributed by atoms with Gasteiger partial charge in [-0.1, -0.05) is 33.1 Å². The van der Waals surface area contributed by atoms with E-state index >= 15 is 0 Å². The van der Waals surface area contributed by atoms with Crippen molar-refractivity contribution < 1.29 is 4.79 Å². The van der Waals surface area contributed by atoms with Gasteiger partial charge in [0.15, 0.2) is 0 Å². The molecule has 0 aromatic carbocycles. The van der Waals surface area contributed by atoms with Crippen LogP contribution < -0.4 is 5.32 Å². The number of hydrogen-bond acceptors (Lipinski definition) is 1. The number of carbonyl (C=O) groups excluding carboxylic acids is 1. The Morgan fingerprint density at radius 3 is 2.75 bits per heavy atom. The molecule has 0 radical (unpaired) electrons. The molecule has 1 fully saturated rings. The van der Waals surface area contributed by atoms with Gasteiger partial charge in [0.25, 0.3) is 0 Å². The second-order valence-electron chi connectivity index (χ2n) is 3.85. The maximum Gasteiger partial charge on any atom is 0.220 e. The van der Waals surface area contributed by atoms with Gasteiger partial charge in [0, 0.05) is 12.5 Å². The van der Waals surface area contributed by atoms with E-state index in [1.54, 1.807) is 0 Å².